The first-order chi connectivity index (χ1) is 10.2. The topological polar surface area (TPSA) is 26.3 Å². The lowest BCUT2D eigenvalue weighted by Crippen LogP contribution is -2.03. The highest BCUT2D eigenvalue weighted by atomic mass is 32.2. The lowest BCUT2D eigenvalue weighted by molar-refractivity contribution is 0.102. The van der Waals surface area contributed by atoms with Crippen molar-refractivity contribution in [2.45, 2.75) is 23.8 Å². The highest BCUT2D eigenvalue weighted by Crippen LogP contribution is 2.27. The predicted molar refractivity (Wildman–Crippen MR) is 81.5 cm³/mol. The Kier molecular flexibility index (Phi) is 4.25. The van der Waals surface area contributed by atoms with Gasteiger partial charge in [-0.2, -0.15) is 0 Å². The van der Waals surface area contributed by atoms with Crippen molar-refractivity contribution in [3.05, 3.63) is 59.9 Å². The standard InChI is InChI=1S/C17H15FO2S/c18-13-2-1-3-16(10-13)21-11-17(19)12-4-6-14(7-5-12)20-15-8-9-15/h1-7,10,15H,8-9,11H2. The average Bonchev–Trinajstić information content (AvgIpc) is 3.30. The molecule has 0 atom stereocenters. The van der Waals surface area contributed by atoms with Crippen LogP contribution in [-0.4, -0.2) is 17.6 Å². The van der Waals surface area contributed by atoms with Crippen molar-refractivity contribution in [1.82, 2.24) is 0 Å². The summed E-state index contributed by atoms with van der Waals surface area (Å²) < 4.78 is 18.7. The molecular formula is C17H15FO2S. The zero-order valence-corrected chi connectivity index (χ0v) is 12.2. The number of rotatable bonds is 6. The number of benzene rings is 2. The molecule has 0 radical (unpaired) electrons. The van der Waals surface area contributed by atoms with Crippen LogP contribution in [0.25, 0.3) is 0 Å². The molecule has 1 aliphatic rings. The van der Waals surface area contributed by atoms with E-state index in [0.717, 1.165) is 23.5 Å². The number of hydrogen-bond donors (Lipinski definition) is 0. The van der Waals surface area contributed by atoms with Crippen LogP contribution in [0.15, 0.2) is 53.4 Å². The van der Waals surface area contributed by atoms with Crippen molar-refractivity contribution in [1.29, 1.82) is 0 Å². The molecule has 1 fully saturated rings. The van der Waals surface area contributed by atoms with Crippen molar-refractivity contribution < 1.29 is 13.9 Å². The molecule has 3 rings (SSSR count). The van der Waals surface area contributed by atoms with Crippen LogP contribution >= 0.6 is 11.8 Å². The number of carbonyl (C=O) groups excluding carboxylic acids is 1. The summed E-state index contributed by atoms with van der Waals surface area (Å²) in [6, 6.07) is 13.5. The van der Waals surface area contributed by atoms with Crippen LogP contribution in [0.4, 0.5) is 4.39 Å². The first kappa shape index (κ1) is 14.1. The van der Waals surface area contributed by atoms with Crippen LogP contribution in [0.5, 0.6) is 5.75 Å². The van der Waals surface area contributed by atoms with Crippen molar-refractivity contribution in [2.75, 3.05) is 5.75 Å². The Hall–Kier alpha value is -1.81. The lowest BCUT2D eigenvalue weighted by Gasteiger charge is -2.05. The Morgan fingerprint density at radius 2 is 1.95 bits per heavy atom. The Morgan fingerprint density at radius 3 is 2.62 bits per heavy atom. The molecule has 0 N–H and O–H groups in total. The number of carbonyl (C=O) groups is 1. The maximum atomic E-state index is 13.1. The third-order valence-electron chi connectivity index (χ3n) is 3.17. The van der Waals surface area contributed by atoms with Crippen LogP contribution < -0.4 is 4.74 Å². The van der Waals surface area contributed by atoms with Gasteiger partial charge in [-0.1, -0.05) is 6.07 Å². The SMILES string of the molecule is O=C(CSc1cccc(F)c1)c1ccc(OC2CC2)cc1. The Balaban J connectivity index is 1.57. The number of ether oxygens (including phenoxy) is 1. The highest BCUT2D eigenvalue weighted by molar-refractivity contribution is 8.00. The summed E-state index contributed by atoms with van der Waals surface area (Å²) in [5.41, 5.74) is 0.655. The van der Waals surface area contributed by atoms with Crippen LogP contribution in [0.1, 0.15) is 23.2 Å². The highest BCUT2D eigenvalue weighted by Gasteiger charge is 2.23. The molecule has 1 saturated carbocycles. The molecule has 0 spiro atoms. The van der Waals surface area contributed by atoms with Gasteiger partial charge < -0.3 is 4.74 Å². The van der Waals surface area contributed by atoms with E-state index in [4.69, 9.17) is 4.74 Å². The Labute approximate surface area is 127 Å². The lowest BCUT2D eigenvalue weighted by atomic mass is 10.1. The van der Waals surface area contributed by atoms with Gasteiger partial charge in [0, 0.05) is 10.5 Å². The molecule has 4 heteroatoms. The van der Waals surface area contributed by atoms with Gasteiger partial charge in [0.2, 0.25) is 0 Å². The van der Waals surface area contributed by atoms with E-state index in [1.807, 2.05) is 12.1 Å². The van der Waals surface area contributed by atoms with Gasteiger partial charge in [0.15, 0.2) is 5.78 Å². The van der Waals surface area contributed by atoms with Gasteiger partial charge in [0.25, 0.3) is 0 Å². The summed E-state index contributed by atoms with van der Waals surface area (Å²) in [6.07, 6.45) is 2.59. The van der Waals surface area contributed by atoms with Gasteiger partial charge in [0.1, 0.15) is 11.6 Å². The molecule has 0 saturated heterocycles. The number of ketones is 1. The summed E-state index contributed by atoms with van der Waals surface area (Å²) in [4.78, 5) is 12.9. The molecule has 2 aromatic rings. The van der Waals surface area contributed by atoms with E-state index in [2.05, 4.69) is 0 Å². The van der Waals surface area contributed by atoms with Gasteiger partial charge >= 0.3 is 0 Å². The minimum atomic E-state index is -0.283. The van der Waals surface area contributed by atoms with E-state index in [1.54, 1.807) is 24.3 Å². The molecule has 0 unspecified atom stereocenters. The summed E-state index contributed by atoms with van der Waals surface area (Å²) in [5.74, 6) is 0.856. The van der Waals surface area contributed by atoms with Gasteiger partial charge in [-0.25, -0.2) is 4.39 Å². The maximum Gasteiger partial charge on any atom is 0.173 e. The molecule has 0 aromatic heterocycles. The quantitative estimate of drug-likeness (QED) is 0.586. The first-order valence-corrected chi connectivity index (χ1v) is 7.87. The van der Waals surface area contributed by atoms with Gasteiger partial charge in [-0.05, 0) is 55.3 Å². The van der Waals surface area contributed by atoms with Crippen molar-refractivity contribution >= 4 is 17.5 Å². The summed E-state index contributed by atoms with van der Waals surface area (Å²) in [5, 5.41) is 0. The van der Waals surface area contributed by atoms with Crippen molar-refractivity contribution in [2.24, 2.45) is 0 Å². The van der Waals surface area contributed by atoms with Crippen molar-refractivity contribution in [3.8, 4) is 5.75 Å². The van der Waals surface area contributed by atoms with E-state index in [-0.39, 0.29) is 11.6 Å². The smallest absolute Gasteiger partial charge is 0.173 e. The number of halogens is 1. The largest absolute Gasteiger partial charge is 0.490 e. The number of thioether (sulfide) groups is 1. The number of hydrogen-bond acceptors (Lipinski definition) is 3. The second kappa shape index (κ2) is 6.31. The average molecular weight is 302 g/mol. The zero-order valence-electron chi connectivity index (χ0n) is 11.4. The predicted octanol–water partition coefficient (Wildman–Crippen LogP) is 4.34. The van der Waals surface area contributed by atoms with E-state index in [9.17, 15) is 9.18 Å². The summed E-state index contributed by atoms with van der Waals surface area (Å²) >= 11 is 1.34. The third-order valence-corrected chi connectivity index (χ3v) is 4.16. The normalized spacial score (nSPS) is 14.0. The molecule has 0 aliphatic heterocycles. The van der Waals surface area contributed by atoms with Crippen molar-refractivity contribution in [3.63, 3.8) is 0 Å². The van der Waals surface area contributed by atoms with E-state index < -0.39 is 0 Å². The minimum Gasteiger partial charge on any atom is -0.490 e. The molecule has 0 bridgehead atoms. The van der Waals surface area contributed by atoms with Gasteiger partial charge in [0.05, 0.1) is 11.9 Å². The molecular weight excluding hydrogens is 287 g/mol. The molecule has 0 amide bonds. The summed E-state index contributed by atoms with van der Waals surface area (Å²) in [7, 11) is 0. The second-order valence-corrected chi connectivity index (χ2v) is 6.06. The fourth-order valence-corrected chi connectivity index (χ4v) is 2.72. The molecule has 2 nitrogen and oxygen atoms in total. The van der Waals surface area contributed by atoms with Gasteiger partial charge in [-0.3, -0.25) is 4.79 Å². The van der Waals surface area contributed by atoms with Gasteiger partial charge in [-0.15, -0.1) is 11.8 Å². The monoisotopic (exact) mass is 302 g/mol. The Bertz CT molecular complexity index is 635. The first-order valence-electron chi connectivity index (χ1n) is 6.89. The maximum absolute atomic E-state index is 13.1. The zero-order chi connectivity index (χ0) is 14.7. The van der Waals surface area contributed by atoms with E-state index in [1.165, 1.54) is 23.9 Å². The molecule has 0 heterocycles. The second-order valence-electron chi connectivity index (χ2n) is 5.01. The molecule has 108 valence electrons. The minimum absolute atomic E-state index is 0.0298. The van der Waals surface area contributed by atoms with E-state index >= 15 is 0 Å². The fraction of sp³-hybridized carbons (Fsp3) is 0.235. The van der Waals surface area contributed by atoms with Crippen LogP contribution in [0.3, 0.4) is 0 Å². The third kappa shape index (κ3) is 4.08. The Morgan fingerprint density at radius 1 is 1.19 bits per heavy atom. The molecule has 1 aliphatic carbocycles. The molecule has 2 aromatic carbocycles. The number of Topliss-reactive ketones (excluding diaryl/α,β-unsaturated/α-hetero) is 1. The summed E-state index contributed by atoms with van der Waals surface area (Å²) in [6.45, 7) is 0. The van der Waals surface area contributed by atoms with Crippen LogP contribution in [0.2, 0.25) is 0 Å². The molecule has 21 heavy (non-hydrogen) atoms. The fourth-order valence-electron chi connectivity index (χ4n) is 1.89. The van der Waals surface area contributed by atoms with Crippen LogP contribution in [-0.2, 0) is 0 Å². The van der Waals surface area contributed by atoms with Crippen LogP contribution in [0, 0.1) is 5.82 Å². The van der Waals surface area contributed by atoms with E-state index in [0.29, 0.717) is 17.4 Å².